The van der Waals surface area contributed by atoms with Gasteiger partial charge in [0.1, 0.15) is 10.4 Å². The minimum Gasteiger partial charge on any atom is -0.497 e. The lowest BCUT2D eigenvalue weighted by Gasteiger charge is -2.01. The Balaban J connectivity index is 2.66. The van der Waals surface area contributed by atoms with Crippen molar-refractivity contribution >= 4 is 26.8 Å². The molecule has 2 rings (SSSR count). The maximum Gasteiger partial charge on any atom is 0.119 e. The van der Waals surface area contributed by atoms with Crippen molar-refractivity contribution in [2.24, 2.45) is 0 Å². The lowest BCUT2D eigenvalue weighted by atomic mass is 10.2. The number of halogens is 1. The second kappa shape index (κ2) is 3.34. The Morgan fingerprint density at radius 3 is 3.08 bits per heavy atom. The predicted molar refractivity (Wildman–Crippen MR) is 54.8 cm³/mol. The van der Waals surface area contributed by atoms with Gasteiger partial charge in [0.2, 0.25) is 0 Å². The van der Waals surface area contributed by atoms with E-state index in [9.17, 15) is 0 Å². The fourth-order valence-corrected chi connectivity index (χ4v) is 1.46. The van der Waals surface area contributed by atoms with E-state index in [0.29, 0.717) is 0 Å². The zero-order valence-corrected chi connectivity index (χ0v) is 8.63. The zero-order chi connectivity index (χ0) is 9.26. The van der Waals surface area contributed by atoms with Gasteiger partial charge in [-0.1, -0.05) is 0 Å². The molecular weight excluding hydrogens is 230 g/mol. The molecule has 0 saturated carbocycles. The third-order valence-corrected chi connectivity index (χ3v) is 2.21. The van der Waals surface area contributed by atoms with E-state index in [0.717, 1.165) is 21.3 Å². The molecule has 13 heavy (non-hydrogen) atoms. The number of rotatable bonds is 1. The fraction of sp³-hybridized carbons (Fsp3) is 0.100. The van der Waals surface area contributed by atoms with Gasteiger partial charge in [0.25, 0.3) is 0 Å². The molecule has 0 unspecified atom stereocenters. The molecule has 1 heterocycles. The number of fused-ring (bicyclic) bond motifs is 1. The lowest BCUT2D eigenvalue weighted by molar-refractivity contribution is 0.415. The Morgan fingerprint density at radius 1 is 1.46 bits per heavy atom. The molecule has 2 nitrogen and oxygen atoms in total. The maximum absolute atomic E-state index is 5.10. The van der Waals surface area contributed by atoms with E-state index in [4.69, 9.17) is 4.74 Å². The molecular formula is C10H7BrNO. The summed E-state index contributed by atoms with van der Waals surface area (Å²) >= 11 is 3.27. The second-order valence-corrected chi connectivity index (χ2v) is 3.37. The van der Waals surface area contributed by atoms with Gasteiger partial charge in [0.05, 0.1) is 12.6 Å². The average molecular weight is 237 g/mol. The monoisotopic (exact) mass is 236 g/mol. The van der Waals surface area contributed by atoms with Crippen molar-refractivity contribution in [1.82, 2.24) is 4.98 Å². The minimum absolute atomic E-state index is 0.727. The molecule has 0 spiro atoms. The molecule has 0 atom stereocenters. The summed E-state index contributed by atoms with van der Waals surface area (Å²) in [7, 11) is 1.65. The van der Waals surface area contributed by atoms with Crippen molar-refractivity contribution in [3.63, 3.8) is 0 Å². The van der Waals surface area contributed by atoms with Crippen LogP contribution < -0.4 is 4.74 Å². The molecule has 0 aliphatic heterocycles. The molecule has 0 bridgehead atoms. The second-order valence-electron chi connectivity index (χ2n) is 2.62. The van der Waals surface area contributed by atoms with Crippen molar-refractivity contribution < 1.29 is 4.74 Å². The number of hydrogen-bond acceptors (Lipinski definition) is 2. The summed E-state index contributed by atoms with van der Waals surface area (Å²) < 4.78 is 5.83. The van der Waals surface area contributed by atoms with Crippen LogP contribution in [0.15, 0.2) is 28.9 Å². The molecule has 2 aromatic rings. The average Bonchev–Trinajstić information content (AvgIpc) is 2.17. The number of methoxy groups -OCH3 is 1. The number of benzene rings is 1. The van der Waals surface area contributed by atoms with Crippen molar-refractivity contribution in [1.29, 1.82) is 0 Å². The third-order valence-electron chi connectivity index (χ3n) is 1.80. The number of aromatic nitrogens is 1. The van der Waals surface area contributed by atoms with Gasteiger partial charge in [-0.05, 0) is 40.2 Å². The van der Waals surface area contributed by atoms with E-state index in [2.05, 4.69) is 27.0 Å². The van der Waals surface area contributed by atoms with Crippen LogP contribution in [-0.4, -0.2) is 12.1 Å². The molecule has 0 N–H and O–H groups in total. The summed E-state index contributed by atoms with van der Waals surface area (Å²) in [4.78, 5) is 4.26. The summed E-state index contributed by atoms with van der Waals surface area (Å²) in [5.74, 6) is 0.838. The molecule has 1 radical (unpaired) electrons. The summed E-state index contributed by atoms with van der Waals surface area (Å²) in [6.45, 7) is 0. The number of ether oxygens (including phenoxy) is 1. The fourth-order valence-electron chi connectivity index (χ4n) is 1.15. The van der Waals surface area contributed by atoms with Gasteiger partial charge in [-0.2, -0.15) is 0 Å². The van der Waals surface area contributed by atoms with Gasteiger partial charge in [0.15, 0.2) is 0 Å². The van der Waals surface area contributed by atoms with Crippen molar-refractivity contribution in [3.8, 4) is 5.75 Å². The quantitative estimate of drug-likeness (QED) is 0.711. The SMILES string of the molecule is COc1ccc2nc(Br)[c]cc2c1. The maximum atomic E-state index is 5.10. The van der Waals surface area contributed by atoms with E-state index < -0.39 is 0 Å². The van der Waals surface area contributed by atoms with Crippen molar-refractivity contribution in [2.45, 2.75) is 0 Å². The van der Waals surface area contributed by atoms with E-state index in [1.165, 1.54) is 0 Å². The van der Waals surface area contributed by atoms with Crippen molar-refractivity contribution in [3.05, 3.63) is 34.9 Å². The molecule has 1 aromatic heterocycles. The van der Waals surface area contributed by atoms with Crippen LogP contribution in [0.4, 0.5) is 0 Å². The zero-order valence-electron chi connectivity index (χ0n) is 7.04. The molecule has 0 amide bonds. The minimum atomic E-state index is 0.727. The van der Waals surface area contributed by atoms with E-state index >= 15 is 0 Å². The Bertz CT molecular complexity index is 442. The molecule has 65 valence electrons. The topological polar surface area (TPSA) is 22.1 Å². The summed E-state index contributed by atoms with van der Waals surface area (Å²) in [6.07, 6.45) is 0. The number of nitrogens with zero attached hydrogens (tertiary/aromatic N) is 1. The van der Waals surface area contributed by atoms with Crippen LogP contribution in [0.1, 0.15) is 0 Å². The van der Waals surface area contributed by atoms with Crippen LogP contribution in [0, 0.1) is 6.07 Å². The first-order valence-corrected chi connectivity index (χ1v) is 4.61. The Kier molecular flexibility index (Phi) is 2.19. The summed E-state index contributed by atoms with van der Waals surface area (Å²) in [5, 5.41) is 1.03. The van der Waals surface area contributed by atoms with Crippen LogP contribution >= 0.6 is 15.9 Å². The van der Waals surface area contributed by atoms with E-state index in [-0.39, 0.29) is 0 Å². The van der Waals surface area contributed by atoms with Gasteiger partial charge in [-0.25, -0.2) is 4.98 Å². The highest BCUT2D eigenvalue weighted by Gasteiger charge is 1.97. The smallest absolute Gasteiger partial charge is 0.119 e. The predicted octanol–water partition coefficient (Wildman–Crippen LogP) is 2.81. The van der Waals surface area contributed by atoms with Crippen LogP contribution in [0.5, 0.6) is 5.75 Å². The van der Waals surface area contributed by atoms with Crippen LogP contribution in [-0.2, 0) is 0 Å². The Hall–Kier alpha value is -1.09. The number of pyridine rings is 1. The van der Waals surface area contributed by atoms with Crippen LogP contribution in [0.3, 0.4) is 0 Å². The van der Waals surface area contributed by atoms with Crippen LogP contribution in [0.25, 0.3) is 10.9 Å². The summed E-state index contributed by atoms with van der Waals surface area (Å²) in [6, 6.07) is 10.6. The largest absolute Gasteiger partial charge is 0.497 e. The highest BCUT2D eigenvalue weighted by molar-refractivity contribution is 9.10. The van der Waals surface area contributed by atoms with Gasteiger partial charge in [0, 0.05) is 11.5 Å². The third kappa shape index (κ3) is 1.65. The Labute approximate surface area is 84.7 Å². The molecule has 0 aliphatic rings. The molecule has 0 fully saturated rings. The normalized spacial score (nSPS) is 10.3. The van der Waals surface area contributed by atoms with Crippen LogP contribution in [0.2, 0.25) is 0 Å². The van der Waals surface area contributed by atoms with Gasteiger partial charge < -0.3 is 4.74 Å². The first-order valence-electron chi connectivity index (χ1n) is 3.81. The molecule has 0 aliphatic carbocycles. The van der Waals surface area contributed by atoms with Gasteiger partial charge in [-0.3, -0.25) is 0 Å². The summed E-state index contributed by atoms with van der Waals surface area (Å²) in [5.41, 5.74) is 0.937. The first-order chi connectivity index (χ1) is 6.29. The molecule has 3 heteroatoms. The van der Waals surface area contributed by atoms with E-state index in [1.54, 1.807) is 7.11 Å². The highest BCUT2D eigenvalue weighted by Crippen LogP contribution is 2.20. The number of hydrogen-bond donors (Lipinski definition) is 0. The van der Waals surface area contributed by atoms with Gasteiger partial charge in [-0.15, -0.1) is 0 Å². The standard InChI is InChI=1S/C10H7BrNO/c1-13-8-3-4-9-7(6-8)2-5-10(11)12-9/h2-4,6H,1H3. The lowest BCUT2D eigenvalue weighted by Crippen LogP contribution is -1.84. The Morgan fingerprint density at radius 2 is 2.31 bits per heavy atom. The molecule has 1 aromatic carbocycles. The van der Waals surface area contributed by atoms with Gasteiger partial charge >= 0.3 is 0 Å². The van der Waals surface area contributed by atoms with Crippen molar-refractivity contribution in [2.75, 3.05) is 7.11 Å². The first kappa shape index (κ1) is 8.51. The molecule has 0 saturated heterocycles. The van der Waals surface area contributed by atoms with E-state index in [1.807, 2.05) is 24.3 Å². The highest BCUT2D eigenvalue weighted by atomic mass is 79.9.